The van der Waals surface area contributed by atoms with Crippen molar-refractivity contribution in [1.29, 1.82) is 0 Å². The van der Waals surface area contributed by atoms with Gasteiger partial charge in [0.15, 0.2) is 0 Å². The normalized spacial score (nSPS) is 20.7. The molecule has 0 radical (unpaired) electrons. The summed E-state index contributed by atoms with van der Waals surface area (Å²) in [4.78, 5) is 28.6. The molecule has 1 saturated heterocycles. The van der Waals surface area contributed by atoms with Gasteiger partial charge >= 0.3 is 0 Å². The lowest BCUT2D eigenvalue weighted by Crippen LogP contribution is -2.50. The number of amides is 2. The summed E-state index contributed by atoms with van der Waals surface area (Å²) in [5.41, 5.74) is 2.66. The second-order valence-electron chi connectivity index (χ2n) is 7.53. The molecule has 27 heavy (non-hydrogen) atoms. The molecule has 2 N–H and O–H groups in total. The van der Waals surface area contributed by atoms with Crippen LogP contribution in [-0.4, -0.2) is 67.4 Å². The molecule has 1 aromatic rings. The van der Waals surface area contributed by atoms with Crippen molar-refractivity contribution in [2.45, 2.75) is 38.6 Å². The summed E-state index contributed by atoms with van der Waals surface area (Å²) in [6.07, 6.45) is 3.81. The summed E-state index contributed by atoms with van der Waals surface area (Å²) < 4.78 is 0. The van der Waals surface area contributed by atoms with E-state index in [-0.39, 0.29) is 17.9 Å². The van der Waals surface area contributed by atoms with E-state index in [1.165, 1.54) is 11.1 Å². The Balaban J connectivity index is 1.38. The number of nitrogens with zero attached hydrogens (tertiary/aromatic N) is 2. The van der Waals surface area contributed by atoms with Crippen molar-refractivity contribution in [3.05, 3.63) is 35.4 Å². The van der Waals surface area contributed by atoms with Crippen LogP contribution in [0.5, 0.6) is 0 Å². The molecule has 1 aliphatic carbocycles. The Bertz CT molecular complexity index is 641. The van der Waals surface area contributed by atoms with Crippen molar-refractivity contribution in [3.63, 3.8) is 0 Å². The first-order chi connectivity index (χ1) is 13.2. The average molecular weight is 373 g/mol. The summed E-state index contributed by atoms with van der Waals surface area (Å²) in [6, 6.07) is 8.62. The quantitative estimate of drug-likeness (QED) is 0.758. The van der Waals surface area contributed by atoms with Crippen LogP contribution in [0.15, 0.2) is 24.3 Å². The van der Waals surface area contributed by atoms with Gasteiger partial charge in [0, 0.05) is 45.7 Å². The first-order valence-corrected chi connectivity index (χ1v) is 10.2. The van der Waals surface area contributed by atoms with Crippen molar-refractivity contribution in [3.8, 4) is 0 Å². The number of nitrogens with one attached hydrogen (secondary N) is 2. The van der Waals surface area contributed by atoms with Gasteiger partial charge in [-0.3, -0.25) is 14.5 Å². The number of carbonyl (C=O) groups excluding carboxylic acids is 2. The molecule has 1 aliphatic heterocycles. The zero-order valence-corrected chi connectivity index (χ0v) is 16.4. The Morgan fingerprint density at radius 3 is 2.59 bits per heavy atom. The van der Waals surface area contributed by atoms with E-state index in [0.717, 1.165) is 52.0 Å². The fourth-order valence-electron chi connectivity index (χ4n) is 4.06. The molecule has 0 bridgehead atoms. The Morgan fingerprint density at radius 1 is 1.07 bits per heavy atom. The number of hydrogen-bond donors (Lipinski definition) is 2. The summed E-state index contributed by atoms with van der Waals surface area (Å²) in [6.45, 7) is 7.48. The van der Waals surface area contributed by atoms with Gasteiger partial charge in [0.25, 0.3) is 0 Å². The molecule has 0 spiro atoms. The third-order valence-electron chi connectivity index (χ3n) is 5.57. The zero-order chi connectivity index (χ0) is 19.1. The topological polar surface area (TPSA) is 64.7 Å². The molecule has 3 rings (SSSR count). The molecule has 2 aliphatic rings. The van der Waals surface area contributed by atoms with Gasteiger partial charge in [0.05, 0.1) is 12.6 Å². The zero-order valence-electron chi connectivity index (χ0n) is 16.4. The predicted octanol–water partition coefficient (Wildman–Crippen LogP) is 1.32. The Morgan fingerprint density at radius 2 is 1.81 bits per heavy atom. The molecule has 1 heterocycles. The van der Waals surface area contributed by atoms with Crippen molar-refractivity contribution < 1.29 is 9.59 Å². The highest BCUT2D eigenvalue weighted by Crippen LogP contribution is 2.29. The number of aryl methyl sites for hydroxylation is 1. The Hall–Kier alpha value is -1.92. The molecular weight excluding hydrogens is 340 g/mol. The minimum absolute atomic E-state index is 0.0955. The lowest BCUT2D eigenvalue weighted by molar-refractivity contribution is -0.122. The van der Waals surface area contributed by atoms with Crippen LogP contribution < -0.4 is 10.6 Å². The van der Waals surface area contributed by atoms with E-state index >= 15 is 0 Å². The number of rotatable bonds is 7. The fourth-order valence-corrected chi connectivity index (χ4v) is 4.06. The second-order valence-corrected chi connectivity index (χ2v) is 7.53. The maximum atomic E-state index is 12.4. The molecule has 1 unspecified atom stereocenters. The predicted molar refractivity (Wildman–Crippen MR) is 106 cm³/mol. The monoisotopic (exact) mass is 372 g/mol. The second kappa shape index (κ2) is 9.85. The smallest absolute Gasteiger partial charge is 0.234 e. The average Bonchev–Trinajstić information content (AvgIpc) is 2.68. The number of fused-ring (bicyclic) bond motifs is 1. The molecule has 2 amide bonds. The highest BCUT2D eigenvalue weighted by molar-refractivity contribution is 5.78. The minimum Gasteiger partial charge on any atom is -0.355 e. The van der Waals surface area contributed by atoms with E-state index in [4.69, 9.17) is 0 Å². The summed E-state index contributed by atoms with van der Waals surface area (Å²) in [5.74, 6) is 0.236. The minimum atomic E-state index is 0.0955. The SMILES string of the molecule is CCNC(=O)CN1CCN(CCC(=O)NC2CCCc3ccccc32)CC1. The van der Waals surface area contributed by atoms with Gasteiger partial charge in [0.2, 0.25) is 11.8 Å². The van der Waals surface area contributed by atoms with Gasteiger partial charge < -0.3 is 15.5 Å². The van der Waals surface area contributed by atoms with E-state index in [1.807, 2.05) is 6.92 Å². The Kier molecular flexibility index (Phi) is 7.24. The van der Waals surface area contributed by atoms with Crippen molar-refractivity contribution >= 4 is 11.8 Å². The van der Waals surface area contributed by atoms with Crippen LogP contribution in [0.3, 0.4) is 0 Å². The van der Waals surface area contributed by atoms with E-state index in [1.54, 1.807) is 0 Å². The van der Waals surface area contributed by atoms with Crippen LogP contribution in [0.2, 0.25) is 0 Å². The summed E-state index contributed by atoms with van der Waals surface area (Å²) in [5, 5.41) is 6.08. The number of carbonyl (C=O) groups is 2. The highest BCUT2D eigenvalue weighted by atomic mass is 16.2. The van der Waals surface area contributed by atoms with Crippen LogP contribution in [-0.2, 0) is 16.0 Å². The van der Waals surface area contributed by atoms with Crippen LogP contribution in [0.4, 0.5) is 0 Å². The standard InChI is InChI=1S/C21H32N4O2/c1-2-22-21(27)16-25-14-12-24(13-15-25)11-10-20(26)23-19-9-5-7-17-6-3-4-8-18(17)19/h3-4,6,8,19H,2,5,7,9-16H2,1H3,(H,22,27)(H,23,26). The molecule has 0 aromatic heterocycles. The number of likely N-dealkylation sites (N-methyl/N-ethyl adjacent to an activating group) is 1. The van der Waals surface area contributed by atoms with E-state index < -0.39 is 0 Å². The van der Waals surface area contributed by atoms with Crippen molar-refractivity contribution in [2.75, 3.05) is 45.8 Å². The lowest BCUT2D eigenvalue weighted by Gasteiger charge is -2.34. The fraction of sp³-hybridized carbons (Fsp3) is 0.619. The molecular formula is C21H32N4O2. The van der Waals surface area contributed by atoms with Gasteiger partial charge in [0.1, 0.15) is 0 Å². The lowest BCUT2D eigenvalue weighted by atomic mass is 9.87. The Labute approximate surface area is 162 Å². The number of hydrogen-bond acceptors (Lipinski definition) is 4. The van der Waals surface area contributed by atoms with Crippen LogP contribution in [0.25, 0.3) is 0 Å². The molecule has 148 valence electrons. The van der Waals surface area contributed by atoms with Crippen LogP contribution >= 0.6 is 0 Å². The third-order valence-corrected chi connectivity index (χ3v) is 5.57. The largest absolute Gasteiger partial charge is 0.355 e. The number of benzene rings is 1. The maximum absolute atomic E-state index is 12.4. The van der Waals surface area contributed by atoms with E-state index in [9.17, 15) is 9.59 Å². The molecule has 0 saturated carbocycles. The first-order valence-electron chi connectivity index (χ1n) is 10.2. The number of piperazine rings is 1. The van der Waals surface area contributed by atoms with Crippen LogP contribution in [0, 0.1) is 0 Å². The molecule has 6 heteroatoms. The molecule has 1 atom stereocenters. The van der Waals surface area contributed by atoms with Crippen molar-refractivity contribution in [1.82, 2.24) is 20.4 Å². The van der Waals surface area contributed by atoms with Gasteiger partial charge in [-0.2, -0.15) is 0 Å². The van der Waals surface area contributed by atoms with Crippen molar-refractivity contribution in [2.24, 2.45) is 0 Å². The van der Waals surface area contributed by atoms with Crippen LogP contribution in [0.1, 0.15) is 43.4 Å². The maximum Gasteiger partial charge on any atom is 0.234 e. The van der Waals surface area contributed by atoms with Gasteiger partial charge in [-0.05, 0) is 37.3 Å². The highest BCUT2D eigenvalue weighted by Gasteiger charge is 2.22. The van der Waals surface area contributed by atoms with Gasteiger partial charge in [-0.25, -0.2) is 0 Å². The third kappa shape index (κ3) is 5.78. The summed E-state index contributed by atoms with van der Waals surface area (Å²) in [7, 11) is 0. The van der Waals surface area contributed by atoms with E-state index in [0.29, 0.717) is 19.5 Å². The first kappa shape index (κ1) is 19.8. The van der Waals surface area contributed by atoms with Gasteiger partial charge in [-0.15, -0.1) is 0 Å². The summed E-state index contributed by atoms with van der Waals surface area (Å²) >= 11 is 0. The molecule has 1 fully saturated rings. The molecule has 6 nitrogen and oxygen atoms in total. The van der Waals surface area contributed by atoms with Gasteiger partial charge in [-0.1, -0.05) is 24.3 Å². The molecule has 1 aromatic carbocycles. The van der Waals surface area contributed by atoms with E-state index in [2.05, 4.69) is 44.7 Å².